The van der Waals surface area contributed by atoms with Gasteiger partial charge in [0.2, 0.25) is 11.8 Å². The molecule has 3 N–H and O–H groups in total. The van der Waals surface area contributed by atoms with E-state index in [2.05, 4.69) is 15.6 Å². The summed E-state index contributed by atoms with van der Waals surface area (Å²) in [6.45, 7) is 1.72. The fourth-order valence-corrected chi connectivity index (χ4v) is 4.42. The van der Waals surface area contributed by atoms with Crippen molar-refractivity contribution >= 4 is 34.3 Å². The van der Waals surface area contributed by atoms with Crippen molar-refractivity contribution in [2.75, 3.05) is 6.54 Å². The van der Waals surface area contributed by atoms with Crippen LogP contribution in [0, 0.1) is 11.6 Å². The van der Waals surface area contributed by atoms with E-state index < -0.39 is 23.1 Å². The van der Waals surface area contributed by atoms with E-state index in [0.717, 1.165) is 16.6 Å². The Morgan fingerprint density at radius 2 is 1.97 bits per heavy atom. The summed E-state index contributed by atoms with van der Waals surface area (Å²) in [6, 6.07) is 8.75. The van der Waals surface area contributed by atoms with E-state index in [1.165, 1.54) is 24.3 Å². The molecule has 0 spiro atoms. The predicted octanol–water partition coefficient (Wildman–Crippen LogP) is 3.82. The maximum absolute atomic E-state index is 13.9. The summed E-state index contributed by atoms with van der Waals surface area (Å²) in [7, 11) is 0. The summed E-state index contributed by atoms with van der Waals surface area (Å²) in [4.78, 5) is 27.8. The molecular weight excluding hydrogens is 424 g/mol. The summed E-state index contributed by atoms with van der Waals surface area (Å²) < 4.78 is 27.5. The molecule has 1 aliphatic rings. The van der Waals surface area contributed by atoms with Crippen molar-refractivity contribution in [3.63, 3.8) is 0 Å². The van der Waals surface area contributed by atoms with Gasteiger partial charge >= 0.3 is 0 Å². The molecule has 0 fully saturated rings. The zero-order valence-corrected chi connectivity index (χ0v) is 17.7. The second kappa shape index (κ2) is 8.30. The molecule has 1 atom stereocenters. The smallest absolute Gasteiger partial charge is 0.239 e. The number of aromatic nitrogens is 1. The number of fused-ring (bicyclic) bond motifs is 3. The molecular formula is C23H22ClF2N3O2. The van der Waals surface area contributed by atoms with E-state index in [-0.39, 0.29) is 24.4 Å². The van der Waals surface area contributed by atoms with Crippen LogP contribution in [0.5, 0.6) is 0 Å². The van der Waals surface area contributed by atoms with Gasteiger partial charge in [0.15, 0.2) is 0 Å². The van der Waals surface area contributed by atoms with Crippen LogP contribution in [-0.4, -0.2) is 28.9 Å². The van der Waals surface area contributed by atoms with Crippen LogP contribution < -0.4 is 10.6 Å². The lowest BCUT2D eigenvalue weighted by atomic mass is 9.81. The van der Waals surface area contributed by atoms with Gasteiger partial charge in [-0.1, -0.05) is 29.8 Å². The highest BCUT2D eigenvalue weighted by Gasteiger charge is 2.33. The highest BCUT2D eigenvalue weighted by Crippen LogP contribution is 2.36. The van der Waals surface area contributed by atoms with E-state index >= 15 is 0 Å². The van der Waals surface area contributed by atoms with Crippen LogP contribution in [0.25, 0.3) is 10.9 Å². The maximum atomic E-state index is 13.9. The molecule has 5 nitrogen and oxygen atoms in total. The largest absolute Gasteiger partial charge is 0.357 e. The number of rotatable bonds is 5. The van der Waals surface area contributed by atoms with E-state index in [1.807, 2.05) is 6.92 Å². The van der Waals surface area contributed by atoms with Gasteiger partial charge in [-0.05, 0) is 55.5 Å². The quantitative estimate of drug-likeness (QED) is 0.558. The van der Waals surface area contributed by atoms with Crippen LogP contribution in [0.15, 0.2) is 36.4 Å². The maximum Gasteiger partial charge on any atom is 0.239 e. The molecule has 0 unspecified atom stereocenters. The minimum atomic E-state index is -0.547. The molecule has 3 aromatic rings. The standard InChI is InChI=1S/C23H22ClF2N3O2/c1-23(29-21(31)12-27-20(30)8-13-4-2-3-5-18(13)26)7-6-19-16(11-23)15-9-14(25)10-17(24)22(15)28-19/h2-5,9-10,28H,6-8,11-12H2,1H3,(H,27,30)(H,29,31)/t23-/m0/s1. The monoisotopic (exact) mass is 445 g/mol. The predicted molar refractivity (Wildman–Crippen MR) is 115 cm³/mol. The minimum absolute atomic E-state index is 0.137. The van der Waals surface area contributed by atoms with E-state index in [1.54, 1.807) is 12.1 Å². The molecule has 0 radical (unpaired) electrons. The van der Waals surface area contributed by atoms with E-state index in [9.17, 15) is 18.4 Å². The number of carbonyl (C=O) groups excluding carboxylic acids is 2. The second-order valence-electron chi connectivity index (χ2n) is 8.22. The molecule has 1 aliphatic carbocycles. The topological polar surface area (TPSA) is 74.0 Å². The van der Waals surface area contributed by atoms with Gasteiger partial charge in [-0.3, -0.25) is 9.59 Å². The van der Waals surface area contributed by atoms with E-state index in [4.69, 9.17) is 11.6 Å². The van der Waals surface area contributed by atoms with Crippen molar-refractivity contribution in [3.05, 3.63) is 69.9 Å². The highest BCUT2D eigenvalue weighted by atomic mass is 35.5. The minimum Gasteiger partial charge on any atom is -0.357 e. The molecule has 1 heterocycles. The Balaban J connectivity index is 1.39. The number of hydrogen-bond acceptors (Lipinski definition) is 2. The van der Waals surface area contributed by atoms with Crippen molar-refractivity contribution in [1.29, 1.82) is 0 Å². The van der Waals surface area contributed by atoms with Crippen molar-refractivity contribution in [1.82, 2.24) is 15.6 Å². The summed E-state index contributed by atoms with van der Waals surface area (Å²) in [6.07, 6.45) is 1.74. The molecule has 1 aromatic heterocycles. The second-order valence-corrected chi connectivity index (χ2v) is 8.63. The van der Waals surface area contributed by atoms with Crippen LogP contribution in [0.1, 0.15) is 30.2 Å². The third-order valence-electron chi connectivity index (χ3n) is 5.71. The molecule has 4 rings (SSSR count). The van der Waals surface area contributed by atoms with E-state index in [0.29, 0.717) is 29.8 Å². The average Bonchev–Trinajstić information content (AvgIpc) is 3.06. The summed E-state index contributed by atoms with van der Waals surface area (Å²) in [5.74, 6) is -1.63. The number of aryl methyl sites for hydroxylation is 1. The number of nitrogens with one attached hydrogen (secondary N) is 3. The summed E-state index contributed by atoms with van der Waals surface area (Å²) in [5, 5.41) is 6.56. The van der Waals surface area contributed by atoms with Gasteiger partial charge in [-0.15, -0.1) is 0 Å². The number of halogens is 3. The Morgan fingerprint density at radius 3 is 2.74 bits per heavy atom. The third-order valence-corrected chi connectivity index (χ3v) is 6.01. The number of benzene rings is 2. The fraction of sp³-hybridized carbons (Fsp3) is 0.304. The lowest BCUT2D eigenvalue weighted by Gasteiger charge is -2.34. The highest BCUT2D eigenvalue weighted by molar-refractivity contribution is 6.35. The Labute approximate surface area is 183 Å². The first-order chi connectivity index (χ1) is 14.7. The van der Waals surface area contributed by atoms with Crippen LogP contribution in [0.3, 0.4) is 0 Å². The normalized spacial score (nSPS) is 17.9. The summed E-state index contributed by atoms with van der Waals surface area (Å²) >= 11 is 6.17. The number of hydrogen-bond donors (Lipinski definition) is 3. The Hall–Kier alpha value is -2.93. The number of carbonyl (C=O) groups is 2. The Kier molecular flexibility index (Phi) is 5.71. The fourth-order valence-electron chi connectivity index (χ4n) is 4.17. The molecule has 0 aliphatic heterocycles. The molecule has 0 bridgehead atoms. The molecule has 31 heavy (non-hydrogen) atoms. The van der Waals surface area contributed by atoms with Crippen LogP contribution in [0.4, 0.5) is 8.78 Å². The van der Waals surface area contributed by atoms with Gasteiger partial charge in [-0.2, -0.15) is 0 Å². The Morgan fingerprint density at radius 1 is 1.19 bits per heavy atom. The van der Waals surface area contributed by atoms with Crippen LogP contribution >= 0.6 is 11.6 Å². The van der Waals surface area contributed by atoms with Gasteiger partial charge in [0.05, 0.1) is 23.5 Å². The van der Waals surface area contributed by atoms with Crippen molar-refractivity contribution < 1.29 is 18.4 Å². The number of aromatic amines is 1. The molecule has 8 heteroatoms. The molecule has 0 saturated carbocycles. The molecule has 2 amide bonds. The van der Waals surface area contributed by atoms with Gasteiger partial charge in [0.25, 0.3) is 0 Å². The number of H-pyrrole nitrogens is 1. The third kappa shape index (κ3) is 4.56. The average molecular weight is 446 g/mol. The van der Waals surface area contributed by atoms with Crippen molar-refractivity contribution in [2.45, 2.75) is 38.1 Å². The first kappa shape index (κ1) is 21.3. The van der Waals surface area contributed by atoms with Gasteiger partial charge in [0, 0.05) is 16.6 Å². The zero-order chi connectivity index (χ0) is 22.2. The van der Waals surface area contributed by atoms with Crippen molar-refractivity contribution in [2.24, 2.45) is 0 Å². The molecule has 2 aromatic carbocycles. The molecule has 162 valence electrons. The van der Waals surface area contributed by atoms with Crippen LogP contribution in [-0.2, 0) is 28.9 Å². The lowest BCUT2D eigenvalue weighted by molar-refractivity contribution is -0.126. The van der Waals surface area contributed by atoms with Gasteiger partial charge in [0.1, 0.15) is 11.6 Å². The first-order valence-corrected chi connectivity index (χ1v) is 10.4. The van der Waals surface area contributed by atoms with Crippen molar-refractivity contribution in [3.8, 4) is 0 Å². The molecule has 0 saturated heterocycles. The summed E-state index contributed by atoms with van der Waals surface area (Å²) in [5.41, 5.74) is 2.36. The lowest BCUT2D eigenvalue weighted by Crippen LogP contribution is -2.52. The van der Waals surface area contributed by atoms with Gasteiger partial charge in [-0.25, -0.2) is 8.78 Å². The van der Waals surface area contributed by atoms with Gasteiger partial charge < -0.3 is 15.6 Å². The first-order valence-electron chi connectivity index (χ1n) is 10.0. The van der Waals surface area contributed by atoms with Crippen LogP contribution in [0.2, 0.25) is 5.02 Å². The SMILES string of the molecule is C[C@]1(NC(=O)CNC(=O)Cc2ccccc2F)CCc2[nH]c3c(Cl)cc(F)cc3c2C1. The number of amides is 2. The zero-order valence-electron chi connectivity index (χ0n) is 17.0. The Bertz CT molecular complexity index is 1180.